The molecule has 0 spiro atoms. The molecule has 8 heteroatoms. The van der Waals surface area contributed by atoms with E-state index in [2.05, 4.69) is 5.32 Å². The Morgan fingerprint density at radius 1 is 1.36 bits per heavy atom. The minimum Gasteiger partial charge on any atom is -0.445 e. The highest BCUT2D eigenvalue weighted by Crippen LogP contribution is 2.32. The molecular weight excluding hydrogens is 367 g/mol. The lowest BCUT2D eigenvalue weighted by molar-refractivity contribution is -0.136. The first-order chi connectivity index (χ1) is 13.4. The van der Waals surface area contributed by atoms with E-state index >= 15 is 0 Å². The summed E-state index contributed by atoms with van der Waals surface area (Å²) in [6.07, 6.45) is -3.43. The summed E-state index contributed by atoms with van der Waals surface area (Å²) in [5, 5.41) is 12.7. The molecule has 154 valence electrons. The second-order valence-electron chi connectivity index (χ2n) is 7.75. The van der Waals surface area contributed by atoms with Crippen molar-refractivity contribution in [3.8, 4) is 0 Å². The van der Waals surface area contributed by atoms with Crippen LogP contribution in [0.25, 0.3) is 0 Å². The van der Waals surface area contributed by atoms with E-state index in [0.717, 1.165) is 5.56 Å². The zero-order chi connectivity index (χ0) is 20.3. The number of aliphatic hydroxyl groups is 1. The summed E-state index contributed by atoms with van der Waals surface area (Å²) in [6.45, 7) is 3.79. The number of carbonyl (C=O) groups excluding carboxylic acids is 2. The quantitative estimate of drug-likeness (QED) is 0.766. The van der Waals surface area contributed by atoms with Crippen LogP contribution in [0.15, 0.2) is 30.3 Å². The van der Waals surface area contributed by atoms with E-state index in [1.54, 1.807) is 0 Å². The second-order valence-corrected chi connectivity index (χ2v) is 7.75. The van der Waals surface area contributed by atoms with Gasteiger partial charge in [-0.25, -0.2) is 9.18 Å². The zero-order valence-corrected chi connectivity index (χ0v) is 16.1. The fourth-order valence-corrected chi connectivity index (χ4v) is 3.78. The predicted molar refractivity (Wildman–Crippen MR) is 99.1 cm³/mol. The molecular formula is C20H27FN2O5. The third kappa shape index (κ3) is 4.62. The van der Waals surface area contributed by atoms with Crippen LogP contribution in [-0.2, 0) is 20.9 Å². The van der Waals surface area contributed by atoms with Gasteiger partial charge < -0.3 is 24.8 Å². The van der Waals surface area contributed by atoms with Gasteiger partial charge in [-0.3, -0.25) is 4.79 Å². The van der Waals surface area contributed by atoms with Crippen molar-refractivity contribution in [2.45, 2.75) is 57.3 Å². The number of aliphatic hydroxyl groups excluding tert-OH is 1. The molecule has 3 rings (SSSR count). The number of carbonyl (C=O) groups is 2. The Balaban J connectivity index is 1.64. The Hall–Kier alpha value is -2.19. The minimum absolute atomic E-state index is 0.000919. The summed E-state index contributed by atoms with van der Waals surface area (Å²) in [6, 6.07) is 7.63. The third-order valence-corrected chi connectivity index (χ3v) is 5.07. The number of alkyl halides is 1. The van der Waals surface area contributed by atoms with Gasteiger partial charge >= 0.3 is 6.09 Å². The molecule has 2 saturated heterocycles. The first-order valence-electron chi connectivity index (χ1n) is 9.58. The van der Waals surface area contributed by atoms with Gasteiger partial charge in [0.05, 0.1) is 19.2 Å². The molecule has 2 N–H and O–H groups in total. The van der Waals surface area contributed by atoms with Crippen LogP contribution in [0.2, 0.25) is 0 Å². The Kier molecular flexibility index (Phi) is 6.51. The number of nitrogens with zero attached hydrogens (tertiary/aromatic N) is 1. The SMILES string of the molecule is CC(C)C[C@H](NC(=O)OCc1ccccc1)C(=O)N1C[C@H](F)[C@H]2OC[C@H](O)[C@H]21. The smallest absolute Gasteiger partial charge is 0.408 e. The summed E-state index contributed by atoms with van der Waals surface area (Å²) >= 11 is 0. The van der Waals surface area contributed by atoms with Gasteiger partial charge in [0.15, 0.2) is 0 Å². The molecule has 2 aliphatic rings. The fourth-order valence-electron chi connectivity index (χ4n) is 3.78. The summed E-state index contributed by atoms with van der Waals surface area (Å²) in [7, 11) is 0. The van der Waals surface area contributed by atoms with Crippen molar-refractivity contribution in [2.24, 2.45) is 5.92 Å². The maximum Gasteiger partial charge on any atom is 0.408 e. The number of fused-ring (bicyclic) bond motifs is 1. The highest BCUT2D eigenvalue weighted by atomic mass is 19.1. The minimum atomic E-state index is -1.35. The van der Waals surface area contributed by atoms with Gasteiger partial charge in [0.1, 0.15) is 31.0 Å². The average molecular weight is 394 g/mol. The number of likely N-dealkylation sites (tertiary alicyclic amines) is 1. The van der Waals surface area contributed by atoms with E-state index in [-0.39, 0.29) is 25.7 Å². The van der Waals surface area contributed by atoms with E-state index in [1.807, 2.05) is 44.2 Å². The molecule has 0 unspecified atom stereocenters. The van der Waals surface area contributed by atoms with Crippen LogP contribution in [0.5, 0.6) is 0 Å². The van der Waals surface area contributed by atoms with E-state index in [9.17, 15) is 19.1 Å². The molecule has 0 aliphatic carbocycles. The summed E-state index contributed by atoms with van der Waals surface area (Å²) in [4.78, 5) is 26.6. The number of amides is 2. The topological polar surface area (TPSA) is 88.1 Å². The molecule has 0 bridgehead atoms. The van der Waals surface area contributed by atoms with Crippen molar-refractivity contribution in [2.75, 3.05) is 13.2 Å². The number of rotatable bonds is 6. The summed E-state index contributed by atoms with van der Waals surface area (Å²) in [5.41, 5.74) is 0.832. The molecule has 1 aromatic carbocycles. The average Bonchev–Trinajstić information content (AvgIpc) is 3.20. The monoisotopic (exact) mass is 394 g/mol. The number of hydrogen-bond donors (Lipinski definition) is 2. The fraction of sp³-hybridized carbons (Fsp3) is 0.600. The number of nitrogens with one attached hydrogen (secondary N) is 1. The standard InChI is InChI=1S/C20H27FN2O5/c1-12(2)8-15(22-20(26)28-10-13-6-4-3-5-7-13)19(25)23-9-14(21)18-17(23)16(24)11-27-18/h3-7,12,14-18,24H,8-11H2,1-2H3,(H,22,26)/t14-,15-,16-,17+,18+/m0/s1. The first-order valence-corrected chi connectivity index (χ1v) is 9.58. The van der Waals surface area contributed by atoms with E-state index in [1.165, 1.54) is 4.90 Å². The van der Waals surface area contributed by atoms with Crippen LogP contribution in [0.1, 0.15) is 25.8 Å². The molecule has 2 fully saturated rings. The second kappa shape index (κ2) is 8.87. The van der Waals surface area contributed by atoms with E-state index in [4.69, 9.17) is 9.47 Å². The molecule has 7 nitrogen and oxygen atoms in total. The van der Waals surface area contributed by atoms with Crippen LogP contribution in [0.4, 0.5) is 9.18 Å². The van der Waals surface area contributed by atoms with Gasteiger partial charge in [-0.05, 0) is 17.9 Å². The lowest BCUT2D eigenvalue weighted by Crippen LogP contribution is -2.53. The number of benzene rings is 1. The number of hydrogen-bond acceptors (Lipinski definition) is 5. The zero-order valence-electron chi connectivity index (χ0n) is 16.1. The van der Waals surface area contributed by atoms with Crippen LogP contribution < -0.4 is 5.32 Å². The maximum atomic E-state index is 14.2. The lowest BCUT2D eigenvalue weighted by atomic mass is 10.0. The van der Waals surface area contributed by atoms with Crippen molar-refractivity contribution < 1.29 is 28.6 Å². The van der Waals surface area contributed by atoms with Crippen molar-refractivity contribution in [1.29, 1.82) is 0 Å². The van der Waals surface area contributed by atoms with Gasteiger partial charge in [0, 0.05) is 0 Å². The Morgan fingerprint density at radius 2 is 2.07 bits per heavy atom. The largest absolute Gasteiger partial charge is 0.445 e. The molecule has 2 amide bonds. The molecule has 0 aromatic heterocycles. The van der Waals surface area contributed by atoms with Crippen LogP contribution in [0, 0.1) is 5.92 Å². The predicted octanol–water partition coefficient (Wildman–Crippen LogP) is 1.64. The first kappa shape index (κ1) is 20.5. The Morgan fingerprint density at radius 3 is 2.75 bits per heavy atom. The van der Waals surface area contributed by atoms with Crippen LogP contribution in [-0.4, -0.2) is 65.6 Å². The number of ether oxygens (including phenoxy) is 2. The molecule has 0 saturated carbocycles. The van der Waals surface area contributed by atoms with Crippen molar-refractivity contribution in [3.05, 3.63) is 35.9 Å². The van der Waals surface area contributed by atoms with Crippen molar-refractivity contribution in [1.82, 2.24) is 10.2 Å². The maximum absolute atomic E-state index is 14.2. The Labute approximate surface area is 163 Å². The van der Waals surface area contributed by atoms with Gasteiger partial charge in [0.2, 0.25) is 5.91 Å². The van der Waals surface area contributed by atoms with Crippen molar-refractivity contribution >= 4 is 12.0 Å². The van der Waals surface area contributed by atoms with Crippen LogP contribution >= 0.6 is 0 Å². The van der Waals surface area contributed by atoms with E-state index < -0.39 is 42.5 Å². The summed E-state index contributed by atoms with van der Waals surface area (Å²) in [5.74, 6) is -0.308. The Bertz CT molecular complexity index is 686. The van der Waals surface area contributed by atoms with E-state index in [0.29, 0.717) is 6.42 Å². The summed E-state index contributed by atoms with van der Waals surface area (Å²) < 4.78 is 24.7. The molecule has 2 aliphatic heterocycles. The normalized spacial score (nSPS) is 27.5. The molecule has 28 heavy (non-hydrogen) atoms. The van der Waals surface area contributed by atoms with Gasteiger partial charge in [-0.15, -0.1) is 0 Å². The number of alkyl carbamates (subject to hydrolysis) is 1. The van der Waals surface area contributed by atoms with Gasteiger partial charge in [0.25, 0.3) is 0 Å². The molecule has 1 aromatic rings. The highest BCUT2D eigenvalue weighted by Gasteiger charge is 2.53. The lowest BCUT2D eigenvalue weighted by Gasteiger charge is -2.30. The molecule has 0 radical (unpaired) electrons. The van der Waals surface area contributed by atoms with Gasteiger partial charge in [-0.2, -0.15) is 0 Å². The highest BCUT2D eigenvalue weighted by molar-refractivity contribution is 5.86. The van der Waals surface area contributed by atoms with Gasteiger partial charge in [-0.1, -0.05) is 44.2 Å². The van der Waals surface area contributed by atoms with Crippen LogP contribution in [0.3, 0.4) is 0 Å². The third-order valence-electron chi connectivity index (χ3n) is 5.07. The van der Waals surface area contributed by atoms with Crippen molar-refractivity contribution in [3.63, 3.8) is 0 Å². The molecule has 5 atom stereocenters. The molecule has 2 heterocycles. The number of halogens is 1.